The zero-order valence-corrected chi connectivity index (χ0v) is 10.9. The Morgan fingerprint density at radius 1 is 1.47 bits per heavy atom. The van der Waals surface area contributed by atoms with Gasteiger partial charge < -0.3 is 10.5 Å². The van der Waals surface area contributed by atoms with Gasteiger partial charge in [-0.25, -0.2) is 0 Å². The quantitative estimate of drug-likeness (QED) is 0.854. The molecule has 4 heteroatoms. The summed E-state index contributed by atoms with van der Waals surface area (Å²) in [4.78, 5) is 0. The van der Waals surface area contributed by atoms with Crippen LogP contribution in [0.5, 0.6) is 0 Å². The third-order valence-electron chi connectivity index (χ3n) is 3.46. The minimum Gasteiger partial charge on any atom is -0.368 e. The Kier molecular flexibility index (Phi) is 3.84. The number of nitrogens with zero attached hydrogens (tertiary/aromatic N) is 2. The van der Waals surface area contributed by atoms with E-state index < -0.39 is 0 Å². The van der Waals surface area contributed by atoms with E-state index in [0.29, 0.717) is 19.2 Å². The van der Waals surface area contributed by atoms with Gasteiger partial charge in [-0.05, 0) is 32.8 Å². The highest BCUT2D eigenvalue weighted by molar-refractivity contribution is 4.99. The van der Waals surface area contributed by atoms with Crippen LogP contribution in [0.3, 0.4) is 0 Å². The lowest BCUT2D eigenvalue weighted by Crippen LogP contribution is -2.33. The fraction of sp³-hybridized carbons (Fsp3) is 0.769. The molecule has 2 rings (SSSR count). The highest BCUT2D eigenvalue weighted by Gasteiger charge is 2.19. The molecule has 1 saturated carbocycles. The maximum Gasteiger partial charge on any atom is 0.0914 e. The molecule has 0 radical (unpaired) electrons. The molecule has 1 aliphatic carbocycles. The van der Waals surface area contributed by atoms with Crippen molar-refractivity contribution in [1.29, 1.82) is 0 Å². The van der Waals surface area contributed by atoms with Crippen molar-refractivity contribution in [2.75, 3.05) is 6.54 Å². The first-order valence-corrected chi connectivity index (χ1v) is 6.49. The number of rotatable bonds is 5. The maximum atomic E-state index is 5.74. The summed E-state index contributed by atoms with van der Waals surface area (Å²) in [5.41, 5.74) is 6.36. The van der Waals surface area contributed by atoms with Crippen molar-refractivity contribution in [2.45, 2.75) is 57.8 Å². The van der Waals surface area contributed by atoms with Gasteiger partial charge in [0.1, 0.15) is 0 Å². The molecular formula is C13H23N3O. The van der Waals surface area contributed by atoms with Gasteiger partial charge in [-0.3, -0.25) is 4.68 Å². The van der Waals surface area contributed by atoms with Crippen molar-refractivity contribution in [2.24, 2.45) is 5.73 Å². The summed E-state index contributed by atoms with van der Waals surface area (Å²) in [7, 11) is 0. The van der Waals surface area contributed by atoms with Crippen molar-refractivity contribution in [3.63, 3.8) is 0 Å². The molecule has 4 nitrogen and oxygen atoms in total. The molecule has 0 atom stereocenters. The van der Waals surface area contributed by atoms with E-state index in [1.54, 1.807) is 0 Å². The average molecular weight is 237 g/mol. The maximum absolute atomic E-state index is 5.74. The topological polar surface area (TPSA) is 53.1 Å². The Morgan fingerprint density at radius 2 is 2.18 bits per heavy atom. The second kappa shape index (κ2) is 5.19. The standard InChI is InChI=1S/C13H23N3O/c1-13(2,10-14)17-9-11-7-8-16(15-11)12-5-3-4-6-12/h7-8,12H,3-6,9-10,14H2,1-2H3. The summed E-state index contributed by atoms with van der Waals surface area (Å²) in [6.45, 7) is 5.07. The zero-order valence-electron chi connectivity index (χ0n) is 10.9. The molecule has 1 fully saturated rings. The highest BCUT2D eigenvalue weighted by atomic mass is 16.5. The van der Waals surface area contributed by atoms with Crippen LogP contribution >= 0.6 is 0 Å². The lowest BCUT2D eigenvalue weighted by atomic mass is 10.1. The van der Waals surface area contributed by atoms with E-state index >= 15 is 0 Å². The predicted molar refractivity (Wildman–Crippen MR) is 67.7 cm³/mol. The molecular weight excluding hydrogens is 214 g/mol. The summed E-state index contributed by atoms with van der Waals surface area (Å²) < 4.78 is 7.84. The molecule has 17 heavy (non-hydrogen) atoms. The van der Waals surface area contributed by atoms with E-state index in [1.807, 2.05) is 19.9 Å². The number of nitrogens with two attached hydrogens (primary N) is 1. The van der Waals surface area contributed by atoms with Gasteiger partial charge in [0.05, 0.1) is 23.9 Å². The monoisotopic (exact) mass is 237 g/mol. The van der Waals surface area contributed by atoms with Crippen molar-refractivity contribution in [3.8, 4) is 0 Å². The molecule has 0 saturated heterocycles. The van der Waals surface area contributed by atoms with Gasteiger partial charge in [-0.2, -0.15) is 5.10 Å². The van der Waals surface area contributed by atoms with Gasteiger partial charge in [0.15, 0.2) is 0 Å². The fourth-order valence-electron chi connectivity index (χ4n) is 2.15. The van der Waals surface area contributed by atoms with Crippen LogP contribution in [-0.4, -0.2) is 21.9 Å². The Morgan fingerprint density at radius 3 is 2.82 bits per heavy atom. The molecule has 2 N–H and O–H groups in total. The summed E-state index contributed by atoms with van der Waals surface area (Å²) in [6, 6.07) is 2.65. The number of aromatic nitrogens is 2. The first-order chi connectivity index (χ1) is 8.11. The second-order valence-corrected chi connectivity index (χ2v) is 5.48. The predicted octanol–water partition coefficient (Wildman–Crippen LogP) is 2.25. The Hall–Kier alpha value is -0.870. The summed E-state index contributed by atoms with van der Waals surface area (Å²) >= 11 is 0. The molecule has 0 unspecified atom stereocenters. The third kappa shape index (κ3) is 3.30. The van der Waals surface area contributed by atoms with Crippen LogP contribution in [-0.2, 0) is 11.3 Å². The van der Waals surface area contributed by atoms with E-state index in [2.05, 4.69) is 16.0 Å². The molecule has 0 bridgehead atoms. The van der Waals surface area contributed by atoms with Crippen LogP contribution in [0.1, 0.15) is 51.3 Å². The van der Waals surface area contributed by atoms with Gasteiger partial charge in [0.25, 0.3) is 0 Å². The van der Waals surface area contributed by atoms with Crippen LogP contribution in [0.4, 0.5) is 0 Å². The van der Waals surface area contributed by atoms with E-state index in [1.165, 1.54) is 25.7 Å². The van der Waals surface area contributed by atoms with Crippen molar-refractivity contribution >= 4 is 0 Å². The van der Waals surface area contributed by atoms with Gasteiger partial charge in [-0.15, -0.1) is 0 Å². The SMILES string of the molecule is CC(C)(CN)OCc1ccn(C2CCCC2)n1. The molecule has 96 valence electrons. The average Bonchev–Trinajstić information content (AvgIpc) is 2.97. The van der Waals surface area contributed by atoms with Crippen molar-refractivity contribution < 1.29 is 4.74 Å². The second-order valence-electron chi connectivity index (χ2n) is 5.48. The summed E-state index contributed by atoms with van der Waals surface area (Å²) in [5, 5.41) is 4.58. The zero-order chi connectivity index (χ0) is 12.3. The lowest BCUT2D eigenvalue weighted by Gasteiger charge is -2.22. The van der Waals surface area contributed by atoms with Crippen LogP contribution in [0.2, 0.25) is 0 Å². The Bertz CT molecular complexity index is 353. The first kappa shape index (κ1) is 12.6. The molecule has 1 aromatic heterocycles. The summed E-state index contributed by atoms with van der Waals surface area (Å²) in [5.74, 6) is 0. The number of ether oxygens (including phenoxy) is 1. The molecule has 0 aromatic carbocycles. The Balaban J connectivity index is 1.90. The number of hydrogen-bond donors (Lipinski definition) is 1. The van der Waals surface area contributed by atoms with Crippen LogP contribution in [0, 0.1) is 0 Å². The van der Waals surface area contributed by atoms with E-state index in [-0.39, 0.29) is 5.60 Å². The molecule has 0 spiro atoms. The molecule has 0 amide bonds. The molecule has 1 aromatic rings. The highest BCUT2D eigenvalue weighted by Crippen LogP contribution is 2.28. The third-order valence-corrected chi connectivity index (χ3v) is 3.46. The molecule has 1 heterocycles. The van der Waals surface area contributed by atoms with E-state index in [0.717, 1.165) is 5.69 Å². The van der Waals surface area contributed by atoms with Gasteiger partial charge in [-0.1, -0.05) is 12.8 Å². The minimum absolute atomic E-state index is 0.267. The van der Waals surface area contributed by atoms with Gasteiger partial charge in [0.2, 0.25) is 0 Å². The van der Waals surface area contributed by atoms with Crippen molar-refractivity contribution in [3.05, 3.63) is 18.0 Å². The van der Waals surface area contributed by atoms with E-state index in [4.69, 9.17) is 10.5 Å². The van der Waals surface area contributed by atoms with Crippen LogP contribution in [0.15, 0.2) is 12.3 Å². The van der Waals surface area contributed by atoms with Crippen molar-refractivity contribution in [1.82, 2.24) is 9.78 Å². The number of hydrogen-bond acceptors (Lipinski definition) is 3. The summed E-state index contributed by atoms with van der Waals surface area (Å²) in [6.07, 6.45) is 7.25. The van der Waals surface area contributed by atoms with Gasteiger partial charge >= 0.3 is 0 Å². The molecule has 0 aliphatic heterocycles. The largest absolute Gasteiger partial charge is 0.368 e. The van der Waals surface area contributed by atoms with Crippen LogP contribution < -0.4 is 5.73 Å². The Labute approximate surface area is 103 Å². The minimum atomic E-state index is -0.267. The lowest BCUT2D eigenvalue weighted by molar-refractivity contribution is -0.0238. The van der Waals surface area contributed by atoms with Crippen LogP contribution in [0.25, 0.3) is 0 Å². The fourth-order valence-corrected chi connectivity index (χ4v) is 2.15. The first-order valence-electron chi connectivity index (χ1n) is 6.49. The smallest absolute Gasteiger partial charge is 0.0914 e. The molecule has 1 aliphatic rings. The van der Waals surface area contributed by atoms with E-state index in [9.17, 15) is 0 Å². The normalized spacial score (nSPS) is 17.8. The van der Waals surface area contributed by atoms with Gasteiger partial charge in [0, 0.05) is 12.7 Å².